The number of hydrogen-bond donors (Lipinski definition) is 1. The van der Waals surface area contributed by atoms with Gasteiger partial charge >= 0.3 is 0 Å². The molecule has 7 heteroatoms. The van der Waals surface area contributed by atoms with Crippen molar-refractivity contribution in [2.45, 2.75) is 13.3 Å². The molecule has 0 spiro atoms. The van der Waals surface area contributed by atoms with E-state index in [2.05, 4.69) is 5.32 Å². The van der Waals surface area contributed by atoms with Crippen LogP contribution in [0, 0.1) is 11.3 Å². The van der Waals surface area contributed by atoms with Crippen molar-refractivity contribution in [1.82, 2.24) is 0 Å². The Labute approximate surface area is 155 Å². The summed E-state index contributed by atoms with van der Waals surface area (Å²) in [4.78, 5) is 25.5. The van der Waals surface area contributed by atoms with Gasteiger partial charge in [-0.3, -0.25) is 9.59 Å². The second-order valence-electron chi connectivity index (χ2n) is 5.20. The second-order valence-corrected chi connectivity index (χ2v) is 5.98. The normalized spacial score (nSPS) is 10.0. The van der Waals surface area contributed by atoms with E-state index in [1.807, 2.05) is 6.07 Å². The number of halogens is 2. The number of anilines is 2. The molecular formula is C18H15Cl2N3O2. The van der Waals surface area contributed by atoms with Crippen molar-refractivity contribution in [3.8, 4) is 6.07 Å². The van der Waals surface area contributed by atoms with E-state index in [1.54, 1.807) is 42.5 Å². The Hall–Kier alpha value is -2.55. The molecular weight excluding hydrogens is 361 g/mol. The van der Waals surface area contributed by atoms with Gasteiger partial charge in [-0.2, -0.15) is 5.26 Å². The van der Waals surface area contributed by atoms with Crippen molar-refractivity contribution in [2.75, 3.05) is 16.8 Å². The van der Waals surface area contributed by atoms with Crippen molar-refractivity contribution < 1.29 is 9.59 Å². The van der Waals surface area contributed by atoms with Gasteiger partial charge in [-0.05, 0) is 24.3 Å². The van der Waals surface area contributed by atoms with Gasteiger partial charge in [0.2, 0.25) is 11.8 Å². The van der Waals surface area contributed by atoms with Crippen LogP contribution in [0.5, 0.6) is 0 Å². The van der Waals surface area contributed by atoms with E-state index in [0.29, 0.717) is 22.0 Å². The molecule has 1 N–H and O–H groups in total. The summed E-state index contributed by atoms with van der Waals surface area (Å²) in [5, 5.41) is 12.3. The van der Waals surface area contributed by atoms with Crippen LogP contribution in [-0.4, -0.2) is 18.4 Å². The molecule has 0 unspecified atom stereocenters. The van der Waals surface area contributed by atoms with E-state index >= 15 is 0 Å². The standard InChI is InChI=1S/C18H15Cl2N3O2/c1-12(24)23(16-8-4-6-14(19)18(16)20)10-9-17(25)22-15-7-3-2-5-13(15)11-21/h2-8H,9-10H2,1H3,(H,22,25). The first kappa shape index (κ1) is 18.8. The predicted octanol–water partition coefficient (Wildman–Crippen LogP) is 4.25. The summed E-state index contributed by atoms with van der Waals surface area (Å²) >= 11 is 12.1. The van der Waals surface area contributed by atoms with Crippen LogP contribution in [0.25, 0.3) is 0 Å². The number of carbonyl (C=O) groups is 2. The summed E-state index contributed by atoms with van der Waals surface area (Å²) in [7, 11) is 0. The molecule has 25 heavy (non-hydrogen) atoms. The molecule has 5 nitrogen and oxygen atoms in total. The first-order valence-corrected chi connectivity index (χ1v) is 8.20. The monoisotopic (exact) mass is 375 g/mol. The van der Waals surface area contributed by atoms with E-state index in [0.717, 1.165) is 0 Å². The van der Waals surface area contributed by atoms with Crippen molar-refractivity contribution in [1.29, 1.82) is 5.26 Å². The van der Waals surface area contributed by atoms with Crippen molar-refractivity contribution >= 4 is 46.4 Å². The van der Waals surface area contributed by atoms with Crippen LogP contribution >= 0.6 is 23.2 Å². The smallest absolute Gasteiger partial charge is 0.226 e. The predicted molar refractivity (Wildman–Crippen MR) is 98.9 cm³/mol. The molecule has 0 heterocycles. The summed E-state index contributed by atoms with van der Waals surface area (Å²) in [6.07, 6.45) is 0.0438. The van der Waals surface area contributed by atoms with E-state index in [4.69, 9.17) is 28.5 Å². The third-order valence-electron chi connectivity index (χ3n) is 3.49. The van der Waals surface area contributed by atoms with Gasteiger partial charge < -0.3 is 10.2 Å². The average Bonchev–Trinajstić information content (AvgIpc) is 2.59. The largest absolute Gasteiger partial charge is 0.325 e. The highest BCUT2D eigenvalue weighted by Crippen LogP contribution is 2.32. The number of amides is 2. The van der Waals surface area contributed by atoms with E-state index in [9.17, 15) is 9.59 Å². The number of rotatable bonds is 5. The first-order valence-electron chi connectivity index (χ1n) is 7.45. The Morgan fingerprint density at radius 1 is 1.16 bits per heavy atom. The molecule has 0 aliphatic heterocycles. The zero-order chi connectivity index (χ0) is 18.4. The highest BCUT2D eigenvalue weighted by molar-refractivity contribution is 6.44. The molecule has 0 atom stereocenters. The third-order valence-corrected chi connectivity index (χ3v) is 4.30. The number of carbonyl (C=O) groups excluding carboxylic acids is 2. The maximum absolute atomic E-state index is 12.2. The summed E-state index contributed by atoms with van der Waals surface area (Å²) < 4.78 is 0. The topological polar surface area (TPSA) is 73.2 Å². The SMILES string of the molecule is CC(=O)N(CCC(=O)Nc1ccccc1C#N)c1cccc(Cl)c1Cl. The Morgan fingerprint density at radius 3 is 2.56 bits per heavy atom. The Morgan fingerprint density at radius 2 is 1.88 bits per heavy atom. The maximum atomic E-state index is 12.2. The zero-order valence-corrected chi connectivity index (χ0v) is 14.9. The van der Waals surface area contributed by atoms with E-state index in [1.165, 1.54) is 11.8 Å². The van der Waals surface area contributed by atoms with Crippen LogP contribution in [0.1, 0.15) is 18.9 Å². The highest BCUT2D eigenvalue weighted by Gasteiger charge is 2.18. The minimum Gasteiger partial charge on any atom is -0.325 e. The van der Waals surface area contributed by atoms with Crippen LogP contribution in [-0.2, 0) is 9.59 Å². The number of nitriles is 1. The molecule has 0 radical (unpaired) electrons. The lowest BCUT2D eigenvalue weighted by Gasteiger charge is -2.22. The molecule has 0 saturated heterocycles. The summed E-state index contributed by atoms with van der Waals surface area (Å²) in [6, 6.07) is 13.7. The van der Waals surface area contributed by atoms with Crippen LogP contribution in [0.3, 0.4) is 0 Å². The Balaban J connectivity index is 2.09. The fourth-order valence-corrected chi connectivity index (χ4v) is 2.66. The molecule has 2 amide bonds. The Kier molecular flexibility index (Phi) is 6.40. The number of hydrogen-bond acceptors (Lipinski definition) is 3. The molecule has 0 aliphatic carbocycles. The summed E-state index contributed by atoms with van der Waals surface area (Å²) in [5.41, 5.74) is 1.26. The van der Waals surface area contributed by atoms with E-state index in [-0.39, 0.29) is 29.8 Å². The minimum atomic E-state index is -0.313. The molecule has 0 aromatic heterocycles. The molecule has 0 fully saturated rings. The van der Waals surface area contributed by atoms with Gasteiger partial charge in [-0.15, -0.1) is 0 Å². The molecule has 2 aromatic carbocycles. The van der Waals surface area contributed by atoms with Gasteiger partial charge in [0.25, 0.3) is 0 Å². The van der Waals surface area contributed by atoms with Crippen molar-refractivity contribution in [3.63, 3.8) is 0 Å². The third kappa shape index (κ3) is 4.72. The van der Waals surface area contributed by atoms with Gasteiger partial charge in [-0.25, -0.2) is 0 Å². The molecule has 2 aromatic rings. The Bertz CT molecular complexity index is 846. The number of nitrogens with zero attached hydrogens (tertiary/aromatic N) is 2. The first-order chi connectivity index (χ1) is 11.9. The van der Waals surface area contributed by atoms with Gasteiger partial charge in [0.05, 0.1) is 27.0 Å². The summed E-state index contributed by atoms with van der Waals surface area (Å²) in [6.45, 7) is 1.52. The van der Waals surface area contributed by atoms with Crippen molar-refractivity contribution in [3.05, 3.63) is 58.1 Å². The highest BCUT2D eigenvalue weighted by atomic mass is 35.5. The van der Waals surface area contributed by atoms with Crippen LogP contribution in [0.2, 0.25) is 10.0 Å². The van der Waals surface area contributed by atoms with Gasteiger partial charge in [0.15, 0.2) is 0 Å². The zero-order valence-electron chi connectivity index (χ0n) is 13.4. The summed E-state index contributed by atoms with van der Waals surface area (Å²) in [5.74, 6) is -0.568. The van der Waals surface area contributed by atoms with Crippen molar-refractivity contribution in [2.24, 2.45) is 0 Å². The number of nitrogens with one attached hydrogen (secondary N) is 1. The number of benzene rings is 2. The fourth-order valence-electron chi connectivity index (χ4n) is 2.26. The minimum absolute atomic E-state index is 0.0438. The quantitative estimate of drug-likeness (QED) is 0.848. The lowest BCUT2D eigenvalue weighted by Crippen LogP contribution is -2.32. The lowest BCUT2D eigenvalue weighted by molar-refractivity contribution is -0.117. The van der Waals surface area contributed by atoms with Gasteiger partial charge in [0, 0.05) is 19.9 Å². The fraction of sp³-hybridized carbons (Fsp3) is 0.167. The lowest BCUT2D eigenvalue weighted by atomic mass is 10.2. The van der Waals surface area contributed by atoms with Crippen LogP contribution in [0.15, 0.2) is 42.5 Å². The van der Waals surface area contributed by atoms with Gasteiger partial charge in [0.1, 0.15) is 6.07 Å². The molecule has 128 valence electrons. The molecule has 0 saturated carbocycles. The van der Waals surface area contributed by atoms with Crippen LogP contribution < -0.4 is 10.2 Å². The van der Waals surface area contributed by atoms with Gasteiger partial charge in [-0.1, -0.05) is 41.4 Å². The molecule has 2 rings (SSSR count). The average molecular weight is 376 g/mol. The maximum Gasteiger partial charge on any atom is 0.226 e. The van der Waals surface area contributed by atoms with Crippen LogP contribution in [0.4, 0.5) is 11.4 Å². The second kappa shape index (κ2) is 8.52. The number of para-hydroxylation sites is 1. The molecule has 0 aliphatic rings. The van der Waals surface area contributed by atoms with E-state index < -0.39 is 0 Å². The molecule has 0 bridgehead atoms.